The second-order valence-electron chi connectivity index (χ2n) is 13.3. The van der Waals surface area contributed by atoms with Gasteiger partial charge in [-0.05, 0) is 84.5 Å². The highest BCUT2D eigenvalue weighted by molar-refractivity contribution is 5.97. The number of hydrogen-bond donors (Lipinski definition) is 0. The van der Waals surface area contributed by atoms with Crippen LogP contribution in [0, 0.1) is 12.8 Å². The molecular formula is C40H39N3O2. The molecule has 0 unspecified atom stereocenters. The number of rotatable bonds is 6. The van der Waals surface area contributed by atoms with E-state index < -0.39 is 0 Å². The third kappa shape index (κ3) is 5.16. The number of para-hydroxylation sites is 1. The number of hydrogen-bond acceptors (Lipinski definition) is 5. The van der Waals surface area contributed by atoms with E-state index in [1.807, 2.05) is 24.4 Å². The maximum Gasteiger partial charge on any atom is 0.216 e. The molecular weight excluding hydrogens is 554 g/mol. The van der Waals surface area contributed by atoms with Gasteiger partial charge in [0, 0.05) is 28.8 Å². The van der Waals surface area contributed by atoms with Crippen molar-refractivity contribution in [3.63, 3.8) is 0 Å². The van der Waals surface area contributed by atoms with Crippen molar-refractivity contribution in [2.75, 3.05) is 11.5 Å². The number of aryl methyl sites for hydroxylation is 1. The van der Waals surface area contributed by atoms with Crippen LogP contribution in [0.2, 0.25) is 0 Å². The minimum atomic E-state index is -0.256. The van der Waals surface area contributed by atoms with Gasteiger partial charge in [-0.2, -0.15) is 0 Å². The molecule has 0 saturated heterocycles. The molecule has 0 radical (unpaired) electrons. The van der Waals surface area contributed by atoms with Gasteiger partial charge in [0.2, 0.25) is 5.90 Å². The van der Waals surface area contributed by atoms with Crippen LogP contribution in [-0.2, 0) is 10.2 Å². The van der Waals surface area contributed by atoms with Gasteiger partial charge >= 0.3 is 0 Å². The number of aliphatic imine (C=N–C) groups is 1. The molecule has 5 aromatic rings. The first-order valence-corrected chi connectivity index (χ1v) is 15.7. The van der Waals surface area contributed by atoms with Crippen LogP contribution in [0.25, 0.3) is 11.1 Å². The van der Waals surface area contributed by atoms with E-state index in [2.05, 4.69) is 131 Å². The van der Waals surface area contributed by atoms with Gasteiger partial charge in [-0.25, -0.2) is 9.98 Å². The lowest BCUT2D eigenvalue weighted by atomic mass is 9.74. The van der Waals surface area contributed by atoms with E-state index in [-0.39, 0.29) is 11.0 Å². The molecule has 0 spiro atoms. The van der Waals surface area contributed by atoms with E-state index in [1.54, 1.807) is 0 Å². The maximum absolute atomic E-state index is 6.71. The molecule has 3 heterocycles. The zero-order chi connectivity index (χ0) is 31.3. The summed E-state index contributed by atoms with van der Waals surface area (Å²) in [5.74, 6) is 3.44. The van der Waals surface area contributed by atoms with Crippen LogP contribution in [-0.4, -0.2) is 23.0 Å². The van der Waals surface area contributed by atoms with Crippen LogP contribution in [0.15, 0.2) is 114 Å². The van der Waals surface area contributed by atoms with E-state index in [0.29, 0.717) is 18.4 Å². The summed E-state index contributed by atoms with van der Waals surface area (Å²) in [6.07, 6.45) is 1.87. The van der Waals surface area contributed by atoms with Crippen molar-refractivity contribution in [2.24, 2.45) is 10.9 Å². The van der Waals surface area contributed by atoms with Crippen LogP contribution < -0.4 is 9.64 Å². The zero-order valence-electron chi connectivity index (χ0n) is 26.8. The highest BCUT2D eigenvalue weighted by Gasteiger charge is 2.38. The minimum absolute atomic E-state index is 0.176. The van der Waals surface area contributed by atoms with Crippen molar-refractivity contribution in [3.05, 3.63) is 132 Å². The van der Waals surface area contributed by atoms with Crippen LogP contribution in [0.4, 0.5) is 17.2 Å². The first kappa shape index (κ1) is 28.8. The normalized spacial score (nSPS) is 18.2. The van der Waals surface area contributed by atoms with Gasteiger partial charge in [-0.3, -0.25) is 4.90 Å². The number of benzene rings is 4. The number of anilines is 3. The summed E-state index contributed by atoms with van der Waals surface area (Å²) < 4.78 is 12.9. The Hall–Kier alpha value is -4.90. The molecule has 0 bridgehead atoms. The fourth-order valence-electron chi connectivity index (χ4n) is 6.37. The molecule has 2 aliphatic rings. The highest BCUT2D eigenvalue weighted by atomic mass is 16.5. The lowest BCUT2D eigenvalue weighted by Gasteiger charge is -2.41. The molecule has 4 aromatic carbocycles. The van der Waals surface area contributed by atoms with Crippen molar-refractivity contribution in [1.29, 1.82) is 0 Å². The first-order valence-electron chi connectivity index (χ1n) is 15.7. The van der Waals surface area contributed by atoms with E-state index in [0.717, 1.165) is 50.9 Å². The highest BCUT2D eigenvalue weighted by Crippen LogP contribution is 2.51. The van der Waals surface area contributed by atoms with Crippen molar-refractivity contribution in [1.82, 2.24) is 4.98 Å². The fourth-order valence-corrected chi connectivity index (χ4v) is 6.37. The van der Waals surface area contributed by atoms with E-state index in [4.69, 9.17) is 19.5 Å². The van der Waals surface area contributed by atoms with Gasteiger partial charge in [-0.15, -0.1) is 0 Å². The average molecular weight is 594 g/mol. The lowest BCUT2D eigenvalue weighted by molar-refractivity contribution is 0.224. The summed E-state index contributed by atoms with van der Waals surface area (Å²) in [4.78, 5) is 12.2. The number of nitrogens with zero attached hydrogens (tertiary/aromatic N) is 3. The molecule has 5 nitrogen and oxygen atoms in total. The van der Waals surface area contributed by atoms with Crippen LogP contribution in [0.1, 0.15) is 56.9 Å². The average Bonchev–Trinajstić information content (AvgIpc) is 3.45. The van der Waals surface area contributed by atoms with E-state index >= 15 is 0 Å². The Bertz CT molecular complexity index is 1880. The summed E-state index contributed by atoms with van der Waals surface area (Å²) in [7, 11) is 0. The maximum atomic E-state index is 6.71. The van der Waals surface area contributed by atoms with Crippen LogP contribution in [0.3, 0.4) is 0 Å². The summed E-state index contributed by atoms with van der Waals surface area (Å²) in [6, 6.07) is 35.8. The Morgan fingerprint density at radius 1 is 0.756 bits per heavy atom. The van der Waals surface area contributed by atoms with E-state index in [9.17, 15) is 0 Å². The molecule has 0 fully saturated rings. The van der Waals surface area contributed by atoms with Crippen LogP contribution in [0.5, 0.6) is 11.5 Å². The van der Waals surface area contributed by atoms with E-state index in [1.165, 1.54) is 11.1 Å². The summed E-state index contributed by atoms with van der Waals surface area (Å²) in [5, 5.41) is 0. The Labute approximate surface area is 266 Å². The first-order chi connectivity index (χ1) is 21.6. The molecule has 1 aromatic heterocycles. The van der Waals surface area contributed by atoms with Gasteiger partial charge in [0.15, 0.2) is 0 Å². The summed E-state index contributed by atoms with van der Waals surface area (Å²) >= 11 is 0. The third-order valence-corrected chi connectivity index (χ3v) is 9.38. The van der Waals surface area contributed by atoms with Crippen LogP contribution >= 0.6 is 0 Å². The van der Waals surface area contributed by atoms with Gasteiger partial charge in [0.05, 0.1) is 16.9 Å². The molecule has 2 aliphatic heterocycles. The van der Waals surface area contributed by atoms with Gasteiger partial charge in [0.1, 0.15) is 23.9 Å². The summed E-state index contributed by atoms with van der Waals surface area (Å²) in [6.45, 7) is 13.8. The van der Waals surface area contributed by atoms with Gasteiger partial charge in [-0.1, -0.05) is 82.3 Å². The molecule has 7 rings (SSSR count). The third-order valence-electron chi connectivity index (χ3n) is 9.38. The lowest BCUT2D eigenvalue weighted by Crippen LogP contribution is -2.31. The molecule has 0 N–H and O–H groups in total. The molecule has 0 aliphatic carbocycles. The Morgan fingerprint density at radius 2 is 1.47 bits per heavy atom. The predicted octanol–water partition coefficient (Wildman–Crippen LogP) is 10.1. The standard InChI is InChI=1S/C40H39N3O2/c1-26(2)40(6)25-44-38(42-40)30-21-29(28-13-8-7-9-14-28)22-33(23-30)45-32-20-27(3)19-31(24-32)43-36-17-11-10-15-34(36)39(4,5)35-16-12-18-41-37(35)43/h7-24,26H,25H2,1-6H3/t40-/m0/s1. The largest absolute Gasteiger partial charge is 0.475 e. The molecule has 1 atom stereocenters. The zero-order valence-corrected chi connectivity index (χ0v) is 26.8. The predicted molar refractivity (Wildman–Crippen MR) is 183 cm³/mol. The van der Waals surface area contributed by atoms with Gasteiger partial charge in [0.25, 0.3) is 0 Å². The summed E-state index contributed by atoms with van der Waals surface area (Å²) in [5.41, 5.74) is 8.32. The Morgan fingerprint density at radius 3 is 2.24 bits per heavy atom. The quantitative estimate of drug-likeness (QED) is 0.197. The Kier molecular flexibility index (Phi) is 7.00. The van der Waals surface area contributed by atoms with Crippen molar-refractivity contribution >= 4 is 23.1 Å². The fraction of sp³-hybridized carbons (Fsp3) is 0.250. The molecule has 0 saturated carbocycles. The molecule has 226 valence electrons. The van der Waals surface area contributed by atoms with Gasteiger partial charge < -0.3 is 9.47 Å². The molecule has 45 heavy (non-hydrogen) atoms. The number of aromatic nitrogens is 1. The second kappa shape index (κ2) is 10.9. The minimum Gasteiger partial charge on any atom is -0.475 e. The molecule has 5 heteroatoms. The monoisotopic (exact) mass is 593 g/mol. The van der Waals surface area contributed by atoms with Crippen molar-refractivity contribution in [3.8, 4) is 22.6 Å². The smallest absolute Gasteiger partial charge is 0.216 e. The Balaban J connectivity index is 1.32. The number of ether oxygens (including phenoxy) is 2. The SMILES string of the molecule is Cc1cc(Oc2cc(C3=N[C@](C)(C(C)C)CO3)cc(-c3ccccc3)c2)cc(N2c3ccccc3C(C)(C)c3cccnc32)c1. The second-order valence-corrected chi connectivity index (χ2v) is 13.3. The topological polar surface area (TPSA) is 47.0 Å². The van der Waals surface area contributed by atoms with Crippen molar-refractivity contribution in [2.45, 2.75) is 52.5 Å². The number of fused-ring (bicyclic) bond motifs is 2. The molecule has 0 amide bonds. The van der Waals surface area contributed by atoms with Crippen molar-refractivity contribution < 1.29 is 9.47 Å². The number of pyridine rings is 1.